The molecule has 0 saturated carbocycles. The highest BCUT2D eigenvalue weighted by atomic mass is 28.4. The summed E-state index contributed by atoms with van der Waals surface area (Å²) in [4.78, 5) is 15.4. The molecule has 3 heterocycles. The molecule has 1 N–H and O–H groups in total. The minimum absolute atomic E-state index is 0.108. The van der Waals surface area contributed by atoms with E-state index in [-0.39, 0.29) is 22.8 Å². The molecule has 3 aliphatic heterocycles. The van der Waals surface area contributed by atoms with Gasteiger partial charge in [0, 0.05) is 25.7 Å². The van der Waals surface area contributed by atoms with Crippen molar-refractivity contribution in [3.05, 3.63) is 83.9 Å². The summed E-state index contributed by atoms with van der Waals surface area (Å²) in [6.07, 6.45) is 9.52. The van der Waals surface area contributed by atoms with Crippen LogP contribution in [0.25, 0.3) is 0 Å². The molecule has 0 amide bonds. The van der Waals surface area contributed by atoms with Gasteiger partial charge in [-0.2, -0.15) is 0 Å². The summed E-state index contributed by atoms with van der Waals surface area (Å²) in [5.74, 6) is 2.04. The Morgan fingerprint density at radius 3 is 2.14 bits per heavy atom. The molecule has 49 heavy (non-hydrogen) atoms. The van der Waals surface area contributed by atoms with E-state index in [0.29, 0.717) is 12.0 Å². The van der Waals surface area contributed by atoms with E-state index < -0.39 is 8.32 Å². The second-order valence-corrected chi connectivity index (χ2v) is 20.1. The molecule has 1 unspecified atom stereocenters. The molecule has 3 aromatic carbocycles. The maximum absolute atomic E-state index is 12.7. The second kappa shape index (κ2) is 15.3. The summed E-state index contributed by atoms with van der Waals surface area (Å²) >= 11 is 0. The van der Waals surface area contributed by atoms with E-state index >= 15 is 0 Å². The molecule has 7 heteroatoms. The van der Waals surface area contributed by atoms with Crippen molar-refractivity contribution < 1.29 is 23.7 Å². The Kier molecular flexibility index (Phi) is 11.3. The Labute approximate surface area is 296 Å². The van der Waals surface area contributed by atoms with E-state index in [4.69, 9.17) is 18.9 Å². The van der Waals surface area contributed by atoms with Crippen molar-refractivity contribution >= 4 is 18.7 Å². The average molecular weight is 686 g/mol. The smallest absolute Gasteiger partial charge is 0.258 e. The van der Waals surface area contributed by atoms with E-state index in [1.165, 1.54) is 17.5 Å². The predicted octanol–water partition coefficient (Wildman–Crippen LogP) is 7.65. The van der Waals surface area contributed by atoms with E-state index in [2.05, 4.69) is 93.3 Å². The summed E-state index contributed by atoms with van der Waals surface area (Å²) in [5, 5.41) is 1.94. The first-order valence-corrected chi connectivity index (χ1v) is 20.6. The highest BCUT2D eigenvalue weighted by Crippen LogP contribution is 2.47. The van der Waals surface area contributed by atoms with Gasteiger partial charge in [0.15, 0.2) is 17.8 Å². The lowest BCUT2D eigenvalue weighted by Crippen LogP contribution is -2.65. The number of fused-ring (bicyclic) bond motifs is 3. The van der Waals surface area contributed by atoms with Crippen molar-refractivity contribution in [1.29, 1.82) is 0 Å². The number of nitrogens with zero attached hydrogens (tertiary/aromatic N) is 1. The highest BCUT2D eigenvalue weighted by molar-refractivity contribution is 6.98. The molecule has 3 aliphatic rings. The van der Waals surface area contributed by atoms with Crippen LogP contribution in [0.3, 0.4) is 0 Å². The largest absolute Gasteiger partial charge is 0.493 e. The predicted molar refractivity (Wildman–Crippen MR) is 201 cm³/mol. The fraction of sp³-hybridized carbons (Fsp3) is 0.571. The molecule has 3 aromatic rings. The summed E-state index contributed by atoms with van der Waals surface area (Å²) in [7, 11) is 0.421. The molecule has 0 aromatic heterocycles. The third-order valence-electron chi connectivity index (χ3n) is 11.9. The van der Waals surface area contributed by atoms with Crippen LogP contribution >= 0.6 is 0 Å². The van der Waals surface area contributed by atoms with Crippen molar-refractivity contribution in [1.82, 2.24) is 4.90 Å². The van der Waals surface area contributed by atoms with E-state index in [1.807, 2.05) is 12.1 Å². The zero-order chi connectivity index (χ0) is 34.6. The minimum atomic E-state index is -3.02. The molecular formula is C42H59NO5Si. The molecule has 2 saturated heterocycles. The van der Waals surface area contributed by atoms with Crippen molar-refractivity contribution in [3.63, 3.8) is 0 Å². The summed E-state index contributed by atoms with van der Waals surface area (Å²) in [6, 6.07) is 25.5. The van der Waals surface area contributed by atoms with E-state index in [0.717, 1.165) is 92.9 Å². The minimum Gasteiger partial charge on any atom is -0.493 e. The van der Waals surface area contributed by atoms with Crippen molar-refractivity contribution in [3.8, 4) is 11.5 Å². The zero-order valence-electron chi connectivity index (χ0n) is 30.8. The Hall–Kier alpha value is -2.68. The maximum atomic E-state index is 12.7. The number of methoxy groups -OCH3 is 2. The number of hydrogen-bond donors (Lipinski definition) is 1. The van der Waals surface area contributed by atoms with Gasteiger partial charge in [0.2, 0.25) is 0 Å². The molecule has 0 spiro atoms. The second-order valence-electron chi connectivity index (χ2n) is 16.2. The number of ether oxygens (including phenoxy) is 4. The molecule has 266 valence electrons. The Balaban J connectivity index is 1.17. The topological polar surface area (TPSA) is 60.4 Å². The van der Waals surface area contributed by atoms with Crippen LogP contribution in [0.15, 0.2) is 72.8 Å². The van der Waals surface area contributed by atoms with Crippen LogP contribution in [0.4, 0.5) is 0 Å². The van der Waals surface area contributed by atoms with Gasteiger partial charge >= 0.3 is 0 Å². The molecule has 6 nitrogen and oxygen atoms in total. The van der Waals surface area contributed by atoms with Gasteiger partial charge in [0.1, 0.15) is 0 Å². The molecule has 2 fully saturated rings. The standard InChI is InChI=1S/C42H59NO5Si/c1-41(2,22-15-23-42(3,4)49(44,33-16-9-7-10-17-33)34-18-11-8-12-19-34)29-32-30-43-24-21-31-26-38(45-5)39(46-6)27-35(31)36(43)28-37(32)48-40-20-13-14-25-47-40/h7-12,16-19,26-27,32,36-37,40,44H,13-15,20-25,28-30H2,1-6H3/t32-,36-,37-,40?/m1/s1. The van der Waals surface area contributed by atoms with Crippen molar-refractivity contribution in [2.45, 2.75) is 109 Å². The van der Waals surface area contributed by atoms with Crippen LogP contribution in [-0.2, 0) is 15.9 Å². The lowest BCUT2D eigenvalue weighted by atomic mass is 9.73. The quantitative estimate of drug-likeness (QED) is 0.187. The third-order valence-corrected chi connectivity index (χ3v) is 16.4. The lowest BCUT2D eigenvalue weighted by Gasteiger charge is -2.49. The molecule has 4 atom stereocenters. The normalized spacial score (nSPS) is 23.4. The van der Waals surface area contributed by atoms with Crippen LogP contribution in [-0.4, -0.2) is 64.3 Å². The lowest BCUT2D eigenvalue weighted by molar-refractivity contribution is -0.214. The fourth-order valence-electron chi connectivity index (χ4n) is 9.09. The first-order chi connectivity index (χ1) is 23.5. The third kappa shape index (κ3) is 7.81. The Morgan fingerprint density at radius 2 is 1.53 bits per heavy atom. The van der Waals surface area contributed by atoms with Gasteiger partial charge < -0.3 is 23.7 Å². The first kappa shape index (κ1) is 36.1. The summed E-state index contributed by atoms with van der Waals surface area (Å²) in [5.41, 5.74) is 2.85. The monoisotopic (exact) mass is 685 g/mol. The molecule has 0 bridgehead atoms. The number of hydrogen-bond acceptors (Lipinski definition) is 6. The van der Waals surface area contributed by atoms with Crippen LogP contribution in [0.5, 0.6) is 11.5 Å². The van der Waals surface area contributed by atoms with E-state index in [1.54, 1.807) is 14.2 Å². The number of rotatable bonds is 13. The number of piperidine rings is 1. The van der Waals surface area contributed by atoms with Crippen LogP contribution in [0.2, 0.25) is 5.04 Å². The van der Waals surface area contributed by atoms with E-state index in [9.17, 15) is 4.80 Å². The Morgan fingerprint density at radius 1 is 0.878 bits per heavy atom. The summed E-state index contributed by atoms with van der Waals surface area (Å²) in [6.45, 7) is 12.3. The fourth-order valence-corrected chi connectivity index (χ4v) is 12.9. The highest BCUT2D eigenvalue weighted by Gasteiger charge is 2.50. The van der Waals surface area contributed by atoms with Gasteiger partial charge in [-0.05, 0) is 101 Å². The number of benzene rings is 3. The average Bonchev–Trinajstić information content (AvgIpc) is 3.11. The van der Waals surface area contributed by atoms with Gasteiger partial charge in [-0.15, -0.1) is 0 Å². The molecule has 0 aliphatic carbocycles. The van der Waals surface area contributed by atoms with Crippen LogP contribution in [0.1, 0.15) is 96.2 Å². The van der Waals surface area contributed by atoms with Crippen LogP contribution in [0, 0.1) is 11.3 Å². The molecular weight excluding hydrogens is 627 g/mol. The first-order valence-electron chi connectivity index (χ1n) is 18.6. The maximum Gasteiger partial charge on any atom is 0.258 e. The SMILES string of the molecule is COc1cc2c(cc1OC)[C@H]1C[C@@H](OC3CCCCO3)[C@H](CC(C)(C)CCCC(C)(C)[Si](O)(c3ccccc3)c3ccccc3)CN1CC2. The van der Waals surface area contributed by atoms with Crippen molar-refractivity contribution in [2.75, 3.05) is 33.9 Å². The zero-order valence-corrected chi connectivity index (χ0v) is 31.8. The van der Waals surface area contributed by atoms with Crippen molar-refractivity contribution in [2.24, 2.45) is 11.3 Å². The Bertz CT molecular complexity index is 1470. The van der Waals surface area contributed by atoms with Gasteiger partial charge in [0.25, 0.3) is 8.32 Å². The van der Waals surface area contributed by atoms with Crippen LogP contribution < -0.4 is 19.8 Å². The van der Waals surface area contributed by atoms with Gasteiger partial charge in [-0.1, -0.05) is 94.8 Å². The molecule has 0 radical (unpaired) electrons. The van der Waals surface area contributed by atoms with Gasteiger partial charge in [0.05, 0.1) is 20.3 Å². The summed E-state index contributed by atoms with van der Waals surface area (Å²) < 4.78 is 24.5. The van der Waals surface area contributed by atoms with Gasteiger partial charge in [-0.3, -0.25) is 4.90 Å². The molecule has 6 rings (SSSR count). The van der Waals surface area contributed by atoms with Gasteiger partial charge in [-0.25, -0.2) is 0 Å².